The summed E-state index contributed by atoms with van der Waals surface area (Å²) in [6.45, 7) is 0. The fourth-order valence-corrected chi connectivity index (χ4v) is 5.68. The van der Waals surface area contributed by atoms with Crippen LogP contribution in [0.25, 0.3) is 0 Å². The largest absolute Gasteiger partial charge is 0.495 e. The van der Waals surface area contributed by atoms with Crippen molar-refractivity contribution in [2.75, 3.05) is 7.11 Å². The number of methoxy groups -OCH3 is 1. The summed E-state index contributed by atoms with van der Waals surface area (Å²) in [5.74, 6) is -0.148. The zero-order valence-corrected chi connectivity index (χ0v) is 19.9. The first-order chi connectivity index (χ1) is 15.4. The minimum Gasteiger partial charge on any atom is -0.495 e. The first-order valence-electron chi connectivity index (χ1n) is 11.1. The second-order valence-electron chi connectivity index (χ2n) is 8.21. The van der Waals surface area contributed by atoms with E-state index < -0.39 is 16.1 Å². The van der Waals surface area contributed by atoms with Gasteiger partial charge in [-0.25, -0.2) is 8.42 Å². The van der Waals surface area contributed by atoms with E-state index >= 15 is 0 Å². The van der Waals surface area contributed by atoms with Crippen molar-refractivity contribution in [2.24, 2.45) is 0 Å². The van der Waals surface area contributed by atoms with Gasteiger partial charge >= 0.3 is 0 Å². The monoisotopic (exact) mass is 478 g/mol. The van der Waals surface area contributed by atoms with E-state index in [-0.39, 0.29) is 34.0 Å². The number of benzene rings is 2. The van der Waals surface area contributed by atoms with E-state index in [0.29, 0.717) is 0 Å². The van der Waals surface area contributed by atoms with Gasteiger partial charge in [0.1, 0.15) is 16.7 Å². The molecular weight excluding hydrogens is 448 g/mol. The van der Waals surface area contributed by atoms with Crippen LogP contribution < -0.4 is 14.8 Å². The van der Waals surface area contributed by atoms with E-state index in [1.807, 2.05) is 30.3 Å². The number of hydrogen-bond acceptors (Lipinski definition) is 4. The van der Waals surface area contributed by atoms with Crippen LogP contribution >= 0.6 is 11.6 Å². The van der Waals surface area contributed by atoms with Crippen LogP contribution in [0.1, 0.15) is 50.5 Å². The van der Waals surface area contributed by atoms with Crippen LogP contribution in [0.3, 0.4) is 0 Å². The Balaban J connectivity index is 1.83. The van der Waals surface area contributed by atoms with Crippen LogP contribution in [-0.4, -0.2) is 33.5 Å². The van der Waals surface area contributed by atoms with E-state index in [1.54, 1.807) is 6.07 Å². The molecule has 3 rings (SSSR count). The zero-order valence-electron chi connectivity index (χ0n) is 18.3. The maximum atomic E-state index is 13.2. The van der Waals surface area contributed by atoms with Gasteiger partial charge < -0.3 is 10.1 Å². The topological polar surface area (TPSA) is 84.5 Å². The standard InChI is InChI=1S/C24H31ClN2O4S/c1-31-22-15-14-19(25)17-23(22)32(29,30)27-21(16-18-10-6-5-7-11-18)24(28)26-20-12-8-3-2-4-9-13-20/h5-7,10-11,14-15,17,20-21,27H,2-4,8-9,12-13,16H2,1H3,(H,26,28)/t21-/m0/s1. The molecule has 8 heteroatoms. The molecule has 6 nitrogen and oxygen atoms in total. The van der Waals surface area contributed by atoms with Gasteiger partial charge in [0.15, 0.2) is 0 Å². The highest BCUT2D eigenvalue weighted by atomic mass is 35.5. The number of amides is 1. The Morgan fingerprint density at radius 3 is 2.38 bits per heavy atom. The predicted molar refractivity (Wildman–Crippen MR) is 127 cm³/mol. The average molecular weight is 479 g/mol. The Bertz CT molecular complexity index is 990. The molecule has 1 aliphatic rings. The van der Waals surface area contributed by atoms with E-state index in [1.165, 1.54) is 38.5 Å². The van der Waals surface area contributed by atoms with Crippen molar-refractivity contribution in [2.45, 2.75) is 68.3 Å². The van der Waals surface area contributed by atoms with Crippen molar-refractivity contribution in [3.63, 3.8) is 0 Å². The number of ether oxygens (including phenoxy) is 1. The first-order valence-corrected chi connectivity index (χ1v) is 13.0. The first kappa shape index (κ1) is 24.6. The molecule has 0 saturated heterocycles. The number of nitrogens with one attached hydrogen (secondary N) is 2. The summed E-state index contributed by atoms with van der Waals surface area (Å²) in [6, 6.07) is 12.9. The Hall–Kier alpha value is -2.09. The molecule has 0 heterocycles. The summed E-state index contributed by atoms with van der Waals surface area (Å²) in [6.07, 6.45) is 7.78. The molecular formula is C24H31ClN2O4S. The molecule has 32 heavy (non-hydrogen) atoms. The van der Waals surface area contributed by atoms with Gasteiger partial charge in [-0.15, -0.1) is 0 Å². The lowest BCUT2D eigenvalue weighted by molar-refractivity contribution is -0.123. The average Bonchev–Trinajstić information content (AvgIpc) is 2.75. The smallest absolute Gasteiger partial charge is 0.245 e. The molecule has 2 aromatic rings. The number of sulfonamides is 1. The highest BCUT2D eigenvalue weighted by Gasteiger charge is 2.29. The lowest BCUT2D eigenvalue weighted by Gasteiger charge is -2.25. The Labute approximate surface area is 195 Å². The number of rotatable bonds is 8. The maximum absolute atomic E-state index is 13.2. The van der Waals surface area contributed by atoms with Crippen LogP contribution in [0.2, 0.25) is 5.02 Å². The number of hydrogen-bond donors (Lipinski definition) is 2. The number of carbonyl (C=O) groups is 1. The molecule has 174 valence electrons. The molecule has 0 bridgehead atoms. The second-order valence-corrected chi connectivity index (χ2v) is 10.3. The highest BCUT2D eigenvalue weighted by Crippen LogP contribution is 2.27. The Kier molecular flexibility index (Phi) is 8.96. The lowest BCUT2D eigenvalue weighted by atomic mass is 9.96. The van der Waals surface area contributed by atoms with Crippen LogP contribution in [-0.2, 0) is 21.2 Å². The summed E-state index contributed by atoms with van der Waals surface area (Å²) in [4.78, 5) is 13.2. The van der Waals surface area contributed by atoms with Crippen molar-refractivity contribution in [1.29, 1.82) is 0 Å². The third-order valence-electron chi connectivity index (χ3n) is 5.76. The molecule has 0 spiro atoms. The quantitative estimate of drug-likeness (QED) is 0.586. The fourth-order valence-electron chi connectivity index (χ4n) is 4.05. The van der Waals surface area contributed by atoms with Crippen molar-refractivity contribution < 1.29 is 17.9 Å². The summed E-state index contributed by atoms with van der Waals surface area (Å²) in [7, 11) is -2.67. The molecule has 1 fully saturated rings. The van der Waals surface area contributed by atoms with Crippen LogP contribution in [0.15, 0.2) is 53.4 Å². The third-order valence-corrected chi connectivity index (χ3v) is 7.49. The van der Waals surface area contributed by atoms with E-state index in [4.69, 9.17) is 16.3 Å². The minimum absolute atomic E-state index is 0.0614. The summed E-state index contributed by atoms with van der Waals surface area (Å²) >= 11 is 6.04. The molecule has 0 unspecified atom stereocenters. The van der Waals surface area contributed by atoms with Crippen LogP contribution in [0.4, 0.5) is 0 Å². The van der Waals surface area contributed by atoms with E-state index in [0.717, 1.165) is 31.2 Å². The summed E-state index contributed by atoms with van der Waals surface area (Å²) in [5.41, 5.74) is 0.867. The molecule has 1 amide bonds. The maximum Gasteiger partial charge on any atom is 0.245 e. The van der Waals surface area contributed by atoms with Gasteiger partial charge in [0, 0.05) is 11.1 Å². The SMILES string of the molecule is COc1ccc(Cl)cc1S(=O)(=O)N[C@@H](Cc1ccccc1)C(=O)NC1CCCCCCC1. The van der Waals surface area contributed by atoms with Crippen molar-refractivity contribution in [3.8, 4) is 5.75 Å². The minimum atomic E-state index is -4.06. The van der Waals surface area contributed by atoms with Crippen LogP contribution in [0, 0.1) is 0 Å². The normalized spacial score (nSPS) is 16.6. The molecule has 0 aromatic heterocycles. The van der Waals surface area contributed by atoms with E-state index in [2.05, 4.69) is 10.0 Å². The van der Waals surface area contributed by atoms with Crippen LogP contribution in [0.5, 0.6) is 5.75 Å². The van der Waals surface area contributed by atoms with Gasteiger partial charge in [-0.05, 0) is 43.0 Å². The van der Waals surface area contributed by atoms with Crippen molar-refractivity contribution in [1.82, 2.24) is 10.0 Å². The van der Waals surface area contributed by atoms with Gasteiger partial charge in [0.25, 0.3) is 0 Å². The summed E-state index contributed by atoms with van der Waals surface area (Å²) in [5, 5.41) is 3.37. The van der Waals surface area contributed by atoms with Crippen molar-refractivity contribution in [3.05, 3.63) is 59.1 Å². The number of halogens is 1. The third kappa shape index (κ3) is 6.95. The molecule has 1 atom stereocenters. The predicted octanol–water partition coefficient (Wildman–Crippen LogP) is 4.47. The van der Waals surface area contributed by atoms with Crippen molar-refractivity contribution >= 4 is 27.5 Å². The Morgan fingerprint density at radius 1 is 1.06 bits per heavy atom. The molecule has 2 N–H and O–H groups in total. The summed E-state index contributed by atoms with van der Waals surface area (Å²) < 4.78 is 34.3. The van der Waals surface area contributed by atoms with Gasteiger partial charge in [-0.2, -0.15) is 4.72 Å². The molecule has 1 aliphatic carbocycles. The lowest BCUT2D eigenvalue weighted by Crippen LogP contribution is -2.50. The molecule has 0 aliphatic heterocycles. The van der Waals surface area contributed by atoms with E-state index in [9.17, 15) is 13.2 Å². The molecule has 0 radical (unpaired) electrons. The Morgan fingerprint density at radius 2 is 1.72 bits per heavy atom. The molecule has 1 saturated carbocycles. The van der Waals surface area contributed by atoms with Gasteiger partial charge in [0.2, 0.25) is 15.9 Å². The second kappa shape index (κ2) is 11.7. The highest BCUT2D eigenvalue weighted by molar-refractivity contribution is 7.89. The zero-order chi connectivity index (χ0) is 23.0. The van der Waals surface area contributed by atoms with Gasteiger partial charge in [-0.1, -0.05) is 74.0 Å². The number of carbonyl (C=O) groups excluding carboxylic acids is 1. The van der Waals surface area contributed by atoms with Gasteiger partial charge in [0.05, 0.1) is 7.11 Å². The molecule has 2 aromatic carbocycles. The fraction of sp³-hybridized carbons (Fsp3) is 0.458. The van der Waals surface area contributed by atoms with Gasteiger partial charge in [-0.3, -0.25) is 4.79 Å².